The maximum atomic E-state index is 11.5. The molecule has 0 aromatic rings. The average Bonchev–Trinajstić information content (AvgIpc) is 2.46. The highest BCUT2D eigenvalue weighted by Gasteiger charge is 2.45. The normalized spacial score (nSPS) is 41.6. The van der Waals surface area contributed by atoms with E-state index in [1.165, 1.54) is 0 Å². The summed E-state index contributed by atoms with van der Waals surface area (Å²) >= 11 is 0. The third-order valence-electron chi connectivity index (χ3n) is 3.11. The van der Waals surface area contributed by atoms with Crippen molar-refractivity contribution in [3.63, 3.8) is 0 Å². The van der Waals surface area contributed by atoms with Crippen LogP contribution in [0.15, 0.2) is 0 Å². The first-order chi connectivity index (χ1) is 6.55. The van der Waals surface area contributed by atoms with Gasteiger partial charge in [-0.05, 0) is 25.7 Å². The van der Waals surface area contributed by atoms with Gasteiger partial charge in [0.2, 0.25) is 0 Å². The van der Waals surface area contributed by atoms with Crippen LogP contribution in [0.4, 0.5) is 0 Å². The quantitative estimate of drug-likeness (QED) is 0.681. The summed E-state index contributed by atoms with van der Waals surface area (Å²) in [5.41, 5.74) is -0.468. The highest BCUT2D eigenvalue weighted by atomic mass is 32.2. The number of aliphatic hydroxyl groups is 1. The first kappa shape index (κ1) is 10.4. The van der Waals surface area contributed by atoms with E-state index in [2.05, 4.69) is 0 Å². The summed E-state index contributed by atoms with van der Waals surface area (Å²) in [5.74, 6) is 0.443. The van der Waals surface area contributed by atoms with Crippen LogP contribution in [0.3, 0.4) is 0 Å². The second-order valence-electron chi connectivity index (χ2n) is 4.34. The second-order valence-corrected chi connectivity index (χ2v) is 6.52. The Bertz CT molecular complexity index is 311. The fraction of sp³-hybridized carbons (Fsp3) is 1.00. The van der Waals surface area contributed by atoms with Crippen LogP contribution >= 0.6 is 0 Å². The SMILES string of the molecule is O=S1(=O)CCCC2(CCC(CO)O2)C1. The zero-order valence-corrected chi connectivity index (χ0v) is 8.92. The Balaban J connectivity index is 2.10. The van der Waals surface area contributed by atoms with E-state index in [1.54, 1.807) is 0 Å². The number of hydrogen-bond donors (Lipinski definition) is 1. The van der Waals surface area contributed by atoms with Gasteiger partial charge in [0.25, 0.3) is 0 Å². The summed E-state index contributed by atoms with van der Waals surface area (Å²) in [6.07, 6.45) is 2.93. The van der Waals surface area contributed by atoms with Crippen molar-refractivity contribution >= 4 is 9.84 Å². The summed E-state index contributed by atoms with van der Waals surface area (Å²) in [6, 6.07) is 0. The van der Waals surface area contributed by atoms with E-state index < -0.39 is 15.4 Å². The molecule has 2 heterocycles. The molecule has 1 spiro atoms. The van der Waals surface area contributed by atoms with Crippen LogP contribution in [0.5, 0.6) is 0 Å². The molecule has 0 aromatic heterocycles. The Morgan fingerprint density at radius 1 is 1.43 bits per heavy atom. The molecule has 0 amide bonds. The van der Waals surface area contributed by atoms with E-state index in [9.17, 15) is 8.42 Å². The lowest BCUT2D eigenvalue weighted by molar-refractivity contribution is -0.0522. The molecule has 14 heavy (non-hydrogen) atoms. The van der Waals surface area contributed by atoms with Crippen molar-refractivity contribution in [3.8, 4) is 0 Å². The fourth-order valence-electron chi connectivity index (χ4n) is 2.47. The molecule has 2 aliphatic rings. The first-order valence-electron chi connectivity index (χ1n) is 5.04. The van der Waals surface area contributed by atoms with E-state index in [4.69, 9.17) is 9.84 Å². The molecule has 0 saturated carbocycles. The average molecular weight is 220 g/mol. The number of rotatable bonds is 1. The number of sulfone groups is 1. The van der Waals surface area contributed by atoms with Gasteiger partial charge in [0.1, 0.15) is 0 Å². The van der Waals surface area contributed by atoms with Crippen molar-refractivity contribution < 1.29 is 18.3 Å². The van der Waals surface area contributed by atoms with E-state index in [0.29, 0.717) is 12.2 Å². The zero-order chi connectivity index (χ0) is 10.2. The Morgan fingerprint density at radius 3 is 2.79 bits per heavy atom. The largest absolute Gasteiger partial charge is 0.394 e. The van der Waals surface area contributed by atoms with Gasteiger partial charge in [-0.15, -0.1) is 0 Å². The fourth-order valence-corrected chi connectivity index (χ4v) is 4.36. The molecule has 0 aromatic carbocycles. The van der Waals surface area contributed by atoms with Gasteiger partial charge in [-0.25, -0.2) is 8.42 Å². The van der Waals surface area contributed by atoms with Crippen LogP contribution in [0.1, 0.15) is 25.7 Å². The zero-order valence-electron chi connectivity index (χ0n) is 8.11. The minimum atomic E-state index is -2.91. The number of ether oxygens (including phenoxy) is 1. The maximum absolute atomic E-state index is 11.5. The lowest BCUT2D eigenvalue weighted by Gasteiger charge is -2.32. The van der Waals surface area contributed by atoms with Gasteiger partial charge in [0.05, 0.1) is 29.8 Å². The highest BCUT2D eigenvalue weighted by molar-refractivity contribution is 7.91. The van der Waals surface area contributed by atoms with Gasteiger partial charge in [-0.2, -0.15) is 0 Å². The topological polar surface area (TPSA) is 63.6 Å². The molecule has 2 fully saturated rings. The molecule has 0 bridgehead atoms. The van der Waals surface area contributed by atoms with E-state index >= 15 is 0 Å². The lowest BCUT2D eigenvalue weighted by Crippen LogP contribution is -2.42. The Morgan fingerprint density at radius 2 is 2.21 bits per heavy atom. The van der Waals surface area contributed by atoms with E-state index in [1.807, 2.05) is 0 Å². The summed E-state index contributed by atoms with van der Waals surface area (Å²) in [6.45, 7) is 0.00178. The molecule has 0 radical (unpaired) electrons. The Labute approximate surface area is 84.2 Å². The predicted molar refractivity (Wildman–Crippen MR) is 51.8 cm³/mol. The summed E-state index contributed by atoms with van der Waals surface area (Å²) in [7, 11) is -2.91. The smallest absolute Gasteiger partial charge is 0.153 e. The van der Waals surface area contributed by atoms with Crippen molar-refractivity contribution in [3.05, 3.63) is 0 Å². The molecular formula is C9H16O4S. The minimum Gasteiger partial charge on any atom is -0.394 e. The minimum absolute atomic E-state index is 0.00178. The second kappa shape index (κ2) is 3.47. The predicted octanol–water partition coefficient (Wildman–Crippen LogP) is 0.105. The Kier molecular flexibility index (Phi) is 2.57. The molecule has 2 atom stereocenters. The molecule has 1 N–H and O–H groups in total. The van der Waals surface area contributed by atoms with Crippen molar-refractivity contribution in [2.45, 2.75) is 37.4 Å². The molecule has 2 aliphatic heterocycles. The highest BCUT2D eigenvalue weighted by Crippen LogP contribution is 2.38. The van der Waals surface area contributed by atoms with Gasteiger partial charge < -0.3 is 9.84 Å². The van der Waals surface area contributed by atoms with Crippen LogP contribution in [0, 0.1) is 0 Å². The standard InChI is InChI=1S/C9H16O4S/c10-6-8-2-4-9(13-8)3-1-5-14(11,12)7-9/h8,10H,1-7H2. The molecule has 2 rings (SSSR count). The van der Waals surface area contributed by atoms with Crippen LogP contribution in [-0.4, -0.2) is 43.3 Å². The van der Waals surface area contributed by atoms with Crippen molar-refractivity contribution in [1.82, 2.24) is 0 Å². The molecular weight excluding hydrogens is 204 g/mol. The molecule has 5 heteroatoms. The summed E-state index contributed by atoms with van der Waals surface area (Å²) < 4.78 is 28.6. The van der Waals surface area contributed by atoms with Crippen LogP contribution in [0.2, 0.25) is 0 Å². The Hall–Kier alpha value is -0.130. The van der Waals surface area contributed by atoms with E-state index in [0.717, 1.165) is 19.3 Å². The lowest BCUT2D eigenvalue weighted by atomic mass is 9.96. The number of aliphatic hydroxyl groups excluding tert-OH is 1. The monoisotopic (exact) mass is 220 g/mol. The van der Waals surface area contributed by atoms with Crippen LogP contribution in [0.25, 0.3) is 0 Å². The van der Waals surface area contributed by atoms with Crippen molar-refractivity contribution in [1.29, 1.82) is 0 Å². The third-order valence-corrected chi connectivity index (χ3v) is 4.99. The van der Waals surface area contributed by atoms with E-state index in [-0.39, 0.29) is 18.5 Å². The van der Waals surface area contributed by atoms with Gasteiger partial charge in [0, 0.05) is 0 Å². The van der Waals surface area contributed by atoms with Crippen LogP contribution in [-0.2, 0) is 14.6 Å². The molecule has 2 unspecified atom stereocenters. The molecule has 0 aliphatic carbocycles. The van der Waals surface area contributed by atoms with Crippen molar-refractivity contribution in [2.75, 3.05) is 18.1 Å². The van der Waals surface area contributed by atoms with Gasteiger partial charge in [0.15, 0.2) is 9.84 Å². The first-order valence-corrected chi connectivity index (χ1v) is 6.87. The van der Waals surface area contributed by atoms with Gasteiger partial charge in [-0.3, -0.25) is 0 Å². The molecule has 2 saturated heterocycles. The van der Waals surface area contributed by atoms with Crippen LogP contribution < -0.4 is 0 Å². The van der Waals surface area contributed by atoms with Crippen molar-refractivity contribution in [2.24, 2.45) is 0 Å². The summed E-state index contributed by atoms with van der Waals surface area (Å²) in [4.78, 5) is 0. The molecule has 4 nitrogen and oxygen atoms in total. The number of hydrogen-bond acceptors (Lipinski definition) is 4. The summed E-state index contributed by atoms with van der Waals surface area (Å²) in [5, 5.41) is 8.94. The third kappa shape index (κ3) is 1.94. The van der Waals surface area contributed by atoms with Gasteiger partial charge >= 0.3 is 0 Å². The molecule has 82 valence electrons. The maximum Gasteiger partial charge on any atom is 0.153 e. The van der Waals surface area contributed by atoms with Gasteiger partial charge in [-0.1, -0.05) is 0 Å².